The van der Waals surface area contributed by atoms with Crippen molar-refractivity contribution in [2.45, 2.75) is 13.8 Å². The lowest BCUT2D eigenvalue weighted by atomic mass is 10.3. The monoisotopic (exact) mass is 163 g/mol. The summed E-state index contributed by atoms with van der Waals surface area (Å²) in [5.74, 6) is 1.33. The number of hydrogen-bond acceptors (Lipinski definition) is 4. The molecule has 0 aliphatic carbocycles. The van der Waals surface area contributed by atoms with Crippen LogP contribution in [0.2, 0.25) is 0 Å². The summed E-state index contributed by atoms with van der Waals surface area (Å²) in [4.78, 5) is 4.13. The molecule has 2 rings (SSSR count). The van der Waals surface area contributed by atoms with Gasteiger partial charge in [0.25, 0.3) is 0 Å². The highest BCUT2D eigenvalue weighted by atomic mass is 15.2. The molecule has 2 aromatic heterocycles. The lowest BCUT2D eigenvalue weighted by Gasteiger charge is -2.02. The smallest absolute Gasteiger partial charge is 0.168 e. The van der Waals surface area contributed by atoms with Gasteiger partial charge in [0.15, 0.2) is 5.65 Å². The number of nitrogen functional groups attached to an aromatic ring is 1. The van der Waals surface area contributed by atoms with Gasteiger partial charge in [0.05, 0.1) is 0 Å². The van der Waals surface area contributed by atoms with Crippen LogP contribution in [0.15, 0.2) is 6.33 Å². The SMILES string of the molecule is Cc1c(N)nc(C)n2cnnc12. The zero-order chi connectivity index (χ0) is 8.72. The Labute approximate surface area is 69.2 Å². The zero-order valence-electron chi connectivity index (χ0n) is 6.94. The molecule has 0 bridgehead atoms. The number of aromatic nitrogens is 4. The van der Waals surface area contributed by atoms with Crippen molar-refractivity contribution in [3.05, 3.63) is 17.7 Å². The predicted octanol–water partition coefficient (Wildman–Crippen LogP) is 0.323. The Morgan fingerprint density at radius 3 is 2.92 bits per heavy atom. The Hall–Kier alpha value is -1.65. The minimum absolute atomic E-state index is 0.521. The maximum Gasteiger partial charge on any atom is 0.168 e. The van der Waals surface area contributed by atoms with Crippen LogP contribution in [0.3, 0.4) is 0 Å². The standard InChI is InChI=1S/C7H9N5/c1-4-6(8)10-5(2)12-3-9-11-7(4)12/h3H,8H2,1-2H3. The highest BCUT2D eigenvalue weighted by molar-refractivity contribution is 5.56. The van der Waals surface area contributed by atoms with Gasteiger partial charge < -0.3 is 5.73 Å². The van der Waals surface area contributed by atoms with E-state index >= 15 is 0 Å². The van der Waals surface area contributed by atoms with E-state index in [-0.39, 0.29) is 0 Å². The Morgan fingerprint density at radius 1 is 1.42 bits per heavy atom. The quantitative estimate of drug-likeness (QED) is 0.607. The predicted molar refractivity (Wildman–Crippen MR) is 44.7 cm³/mol. The van der Waals surface area contributed by atoms with Gasteiger partial charge in [-0.2, -0.15) is 0 Å². The van der Waals surface area contributed by atoms with Crippen molar-refractivity contribution in [2.75, 3.05) is 5.73 Å². The third kappa shape index (κ3) is 0.761. The average molecular weight is 163 g/mol. The minimum Gasteiger partial charge on any atom is -0.383 e. The number of fused-ring (bicyclic) bond motifs is 1. The minimum atomic E-state index is 0.521. The Morgan fingerprint density at radius 2 is 2.17 bits per heavy atom. The van der Waals surface area contributed by atoms with Crippen LogP contribution in [-0.4, -0.2) is 19.6 Å². The van der Waals surface area contributed by atoms with E-state index in [1.165, 1.54) is 0 Å². The molecule has 0 spiro atoms. The van der Waals surface area contributed by atoms with E-state index in [9.17, 15) is 0 Å². The van der Waals surface area contributed by atoms with E-state index in [1.54, 1.807) is 6.33 Å². The summed E-state index contributed by atoms with van der Waals surface area (Å²) in [5, 5.41) is 7.71. The molecule has 0 amide bonds. The van der Waals surface area contributed by atoms with Crippen molar-refractivity contribution in [3.63, 3.8) is 0 Å². The van der Waals surface area contributed by atoms with Gasteiger partial charge in [-0.05, 0) is 13.8 Å². The Bertz CT molecular complexity index is 431. The van der Waals surface area contributed by atoms with Crippen LogP contribution in [-0.2, 0) is 0 Å². The summed E-state index contributed by atoms with van der Waals surface area (Å²) >= 11 is 0. The molecule has 0 unspecified atom stereocenters. The van der Waals surface area contributed by atoms with Crippen molar-refractivity contribution in [3.8, 4) is 0 Å². The van der Waals surface area contributed by atoms with E-state index in [1.807, 2.05) is 18.2 Å². The number of anilines is 1. The fraction of sp³-hybridized carbons (Fsp3) is 0.286. The molecule has 0 fully saturated rings. The summed E-state index contributed by atoms with van der Waals surface area (Å²) in [6.07, 6.45) is 1.63. The molecule has 0 aliphatic heterocycles. The van der Waals surface area contributed by atoms with E-state index in [2.05, 4.69) is 15.2 Å². The Balaban J connectivity index is 2.97. The normalized spacial score (nSPS) is 10.8. The highest BCUT2D eigenvalue weighted by Gasteiger charge is 2.06. The second-order valence-electron chi connectivity index (χ2n) is 2.69. The average Bonchev–Trinajstić information content (AvgIpc) is 2.48. The number of aryl methyl sites for hydroxylation is 2. The van der Waals surface area contributed by atoms with Crippen molar-refractivity contribution < 1.29 is 0 Å². The van der Waals surface area contributed by atoms with Gasteiger partial charge in [0.1, 0.15) is 18.0 Å². The molecule has 0 aromatic carbocycles. The molecular weight excluding hydrogens is 154 g/mol. The lowest BCUT2D eigenvalue weighted by Crippen LogP contribution is -2.02. The van der Waals surface area contributed by atoms with Gasteiger partial charge >= 0.3 is 0 Å². The molecule has 5 nitrogen and oxygen atoms in total. The van der Waals surface area contributed by atoms with Gasteiger partial charge in [-0.25, -0.2) is 4.98 Å². The number of nitrogens with two attached hydrogens (primary N) is 1. The van der Waals surface area contributed by atoms with Gasteiger partial charge in [-0.3, -0.25) is 4.40 Å². The van der Waals surface area contributed by atoms with Crippen molar-refractivity contribution in [2.24, 2.45) is 0 Å². The molecule has 5 heteroatoms. The van der Waals surface area contributed by atoms with E-state index < -0.39 is 0 Å². The summed E-state index contributed by atoms with van der Waals surface area (Å²) in [5.41, 5.74) is 7.30. The molecule has 0 aliphatic rings. The second kappa shape index (κ2) is 2.17. The maximum atomic E-state index is 5.65. The van der Waals surface area contributed by atoms with Crippen molar-refractivity contribution >= 4 is 11.5 Å². The summed E-state index contributed by atoms with van der Waals surface area (Å²) < 4.78 is 1.81. The Kier molecular flexibility index (Phi) is 1.27. The topological polar surface area (TPSA) is 69.1 Å². The van der Waals surface area contributed by atoms with E-state index in [0.717, 1.165) is 17.0 Å². The van der Waals surface area contributed by atoms with Crippen LogP contribution in [0.5, 0.6) is 0 Å². The zero-order valence-corrected chi connectivity index (χ0v) is 6.94. The highest BCUT2D eigenvalue weighted by Crippen LogP contribution is 2.13. The summed E-state index contributed by atoms with van der Waals surface area (Å²) in [6, 6.07) is 0. The molecule has 2 N–H and O–H groups in total. The number of hydrogen-bond donors (Lipinski definition) is 1. The third-order valence-corrected chi connectivity index (χ3v) is 1.90. The molecule has 2 heterocycles. The third-order valence-electron chi connectivity index (χ3n) is 1.90. The van der Waals surface area contributed by atoms with Crippen molar-refractivity contribution in [1.29, 1.82) is 0 Å². The van der Waals surface area contributed by atoms with Crippen LogP contribution < -0.4 is 5.73 Å². The molecule has 0 radical (unpaired) electrons. The number of rotatable bonds is 0. The first kappa shape index (κ1) is 7.02. The van der Waals surface area contributed by atoms with Crippen LogP contribution in [0, 0.1) is 13.8 Å². The lowest BCUT2D eigenvalue weighted by molar-refractivity contribution is 0.977. The second-order valence-corrected chi connectivity index (χ2v) is 2.69. The van der Waals surface area contributed by atoms with Gasteiger partial charge in [-0.1, -0.05) is 0 Å². The molecule has 0 atom stereocenters. The fourth-order valence-electron chi connectivity index (χ4n) is 1.15. The molecule has 0 saturated heterocycles. The number of nitrogens with zero attached hydrogens (tertiary/aromatic N) is 4. The summed E-state index contributed by atoms with van der Waals surface area (Å²) in [7, 11) is 0. The van der Waals surface area contributed by atoms with E-state index in [0.29, 0.717) is 5.82 Å². The van der Waals surface area contributed by atoms with Gasteiger partial charge in [-0.15, -0.1) is 10.2 Å². The molecule has 62 valence electrons. The van der Waals surface area contributed by atoms with E-state index in [4.69, 9.17) is 5.73 Å². The summed E-state index contributed by atoms with van der Waals surface area (Å²) in [6.45, 7) is 3.75. The van der Waals surface area contributed by atoms with Crippen LogP contribution >= 0.6 is 0 Å². The van der Waals surface area contributed by atoms with Gasteiger partial charge in [0, 0.05) is 5.56 Å². The van der Waals surface area contributed by atoms with Crippen LogP contribution in [0.4, 0.5) is 5.82 Å². The van der Waals surface area contributed by atoms with Crippen molar-refractivity contribution in [1.82, 2.24) is 19.6 Å². The maximum absolute atomic E-state index is 5.65. The fourth-order valence-corrected chi connectivity index (χ4v) is 1.15. The largest absolute Gasteiger partial charge is 0.383 e. The van der Waals surface area contributed by atoms with Crippen LogP contribution in [0.1, 0.15) is 11.4 Å². The first-order valence-electron chi connectivity index (χ1n) is 3.62. The molecule has 0 saturated carbocycles. The first-order chi connectivity index (χ1) is 5.70. The van der Waals surface area contributed by atoms with Gasteiger partial charge in [0.2, 0.25) is 0 Å². The first-order valence-corrected chi connectivity index (χ1v) is 3.62. The molecular formula is C7H9N5. The molecule has 2 aromatic rings. The van der Waals surface area contributed by atoms with Crippen LogP contribution in [0.25, 0.3) is 5.65 Å². The molecule has 12 heavy (non-hydrogen) atoms.